The molecule has 0 bridgehead atoms. The molecule has 0 spiro atoms. The van der Waals surface area contributed by atoms with Gasteiger partial charge in [0.25, 0.3) is 11.6 Å². The van der Waals surface area contributed by atoms with Gasteiger partial charge in [-0.1, -0.05) is 0 Å². The van der Waals surface area contributed by atoms with Gasteiger partial charge in [-0.15, -0.1) is 0 Å². The van der Waals surface area contributed by atoms with Gasteiger partial charge in [-0.05, 0) is 28.1 Å². The number of aryl methyl sites for hydroxylation is 1. The lowest BCUT2D eigenvalue weighted by atomic mass is 10.1. The fourth-order valence-corrected chi connectivity index (χ4v) is 2.30. The van der Waals surface area contributed by atoms with E-state index in [1.54, 1.807) is 31.0 Å². The minimum Gasteiger partial charge on any atom is -0.337 e. The standard InChI is InChI=1S/C13H13BrN4O3/c1-16(7-9-6-15-17(2)8-9)13(19)10-3-4-11(14)12(5-10)18(20)21/h3-6,8H,7H2,1-2H3. The molecule has 1 aromatic carbocycles. The smallest absolute Gasteiger partial charge is 0.284 e. The second kappa shape index (κ2) is 6.04. The number of amides is 1. The Balaban J connectivity index is 2.19. The van der Waals surface area contributed by atoms with Crippen LogP contribution in [0, 0.1) is 10.1 Å². The second-order valence-corrected chi connectivity index (χ2v) is 5.46. The third-order valence-electron chi connectivity index (χ3n) is 2.91. The predicted molar refractivity (Wildman–Crippen MR) is 79.8 cm³/mol. The molecular weight excluding hydrogens is 340 g/mol. The van der Waals surface area contributed by atoms with Crippen LogP contribution in [0.25, 0.3) is 0 Å². The number of carbonyl (C=O) groups is 1. The maximum Gasteiger partial charge on any atom is 0.284 e. The molecule has 7 nitrogen and oxygen atoms in total. The number of benzene rings is 1. The highest BCUT2D eigenvalue weighted by atomic mass is 79.9. The minimum absolute atomic E-state index is 0.129. The molecule has 0 aliphatic rings. The molecule has 0 atom stereocenters. The Morgan fingerprint density at radius 2 is 2.24 bits per heavy atom. The molecule has 0 aliphatic heterocycles. The number of nitrogens with zero attached hydrogens (tertiary/aromatic N) is 4. The summed E-state index contributed by atoms with van der Waals surface area (Å²) in [5.74, 6) is -0.283. The molecule has 21 heavy (non-hydrogen) atoms. The zero-order valence-corrected chi connectivity index (χ0v) is 13.1. The predicted octanol–water partition coefficient (Wildman–Crippen LogP) is 2.36. The van der Waals surface area contributed by atoms with Crippen molar-refractivity contribution in [2.75, 3.05) is 7.05 Å². The average molecular weight is 353 g/mol. The number of nitro benzene ring substituents is 1. The third-order valence-corrected chi connectivity index (χ3v) is 3.59. The van der Waals surface area contributed by atoms with E-state index in [-0.39, 0.29) is 17.2 Å². The van der Waals surface area contributed by atoms with E-state index >= 15 is 0 Å². The van der Waals surface area contributed by atoms with Crippen molar-refractivity contribution < 1.29 is 9.72 Å². The Kier molecular flexibility index (Phi) is 4.37. The first-order valence-electron chi connectivity index (χ1n) is 6.05. The van der Waals surface area contributed by atoms with Crippen molar-refractivity contribution in [1.29, 1.82) is 0 Å². The molecule has 0 unspecified atom stereocenters. The highest BCUT2D eigenvalue weighted by molar-refractivity contribution is 9.10. The van der Waals surface area contributed by atoms with Crippen LogP contribution in [0.1, 0.15) is 15.9 Å². The highest BCUT2D eigenvalue weighted by Crippen LogP contribution is 2.26. The van der Waals surface area contributed by atoms with Crippen LogP contribution in [-0.2, 0) is 13.6 Å². The van der Waals surface area contributed by atoms with Crippen LogP contribution in [0.2, 0.25) is 0 Å². The lowest BCUT2D eigenvalue weighted by molar-refractivity contribution is -0.385. The van der Waals surface area contributed by atoms with E-state index in [4.69, 9.17) is 0 Å². The summed E-state index contributed by atoms with van der Waals surface area (Å²) >= 11 is 3.10. The van der Waals surface area contributed by atoms with E-state index in [2.05, 4.69) is 21.0 Å². The van der Waals surface area contributed by atoms with Gasteiger partial charge in [0.15, 0.2) is 0 Å². The van der Waals surface area contributed by atoms with Crippen LogP contribution in [0.15, 0.2) is 35.1 Å². The van der Waals surface area contributed by atoms with E-state index in [1.165, 1.54) is 17.0 Å². The van der Waals surface area contributed by atoms with Gasteiger partial charge in [-0.2, -0.15) is 5.10 Å². The largest absolute Gasteiger partial charge is 0.337 e. The summed E-state index contributed by atoms with van der Waals surface area (Å²) in [5, 5.41) is 14.9. The van der Waals surface area contributed by atoms with Crippen LogP contribution >= 0.6 is 15.9 Å². The minimum atomic E-state index is -0.526. The molecule has 1 aromatic heterocycles. The van der Waals surface area contributed by atoms with E-state index in [0.29, 0.717) is 11.0 Å². The lowest BCUT2D eigenvalue weighted by Gasteiger charge is -2.16. The normalized spacial score (nSPS) is 10.4. The summed E-state index contributed by atoms with van der Waals surface area (Å²) < 4.78 is 2.00. The Labute approximate surface area is 129 Å². The third kappa shape index (κ3) is 3.46. The fraction of sp³-hybridized carbons (Fsp3) is 0.231. The molecule has 1 amide bonds. The molecule has 2 rings (SSSR count). The molecule has 110 valence electrons. The van der Waals surface area contributed by atoms with E-state index in [0.717, 1.165) is 5.56 Å². The van der Waals surface area contributed by atoms with Crippen molar-refractivity contribution in [3.05, 3.63) is 56.3 Å². The molecule has 0 aliphatic carbocycles. The van der Waals surface area contributed by atoms with Crippen molar-refractivity contribution in [3.8, 4) is 0 Å². The van der Waals surface area contributed by atoms with Crippen molar-refractivity contribution in [3.63, 3.8) is 0 Å². The molecule has 1 heterocycles. The summed E-state index contributed by atoms with van der Waals surface area (Å²) in [5.41, 5.74) is 1.03. The Bertz CT molecular complexity index is 698. The number of nitro groups is 1. The first-order chi connectivity index (χ1) is 9.88. The summed E-state index contributed by atoms with van der Waals surface area (Å²) in [6, 6.07) is 4.33. The first kappa shape index (κ1) is 15.2. The summed E-state index contributed by atoms with van der Waals surface area (Å²) in [6.07, 6.45) is 3.49. The quantitative estimate of drug-likeness (QED) is 0.624. The van der Waals surface area contributed by atoms with Crippen molar-refractivity contribution in [2.24, 2.45) is 7.05 Å². The van der Waals surface area contributed by atoms with Gasteiger partial charge < -0.3 is 4.90 Å². The summed E-state index contributed by atoms with van der Waals surface area (Å²) in [4.78, 5) is 24.2. The van der Waals surface area contributed by atoms with Gasteiger partial charge >= 0.3 is 0 Å². The van der Waals surface area contributed by atoms with E-state index < -0.39 is 4.92 Å². The Morgan fingerprint density at radius 3 is 2.81 bits per heavy atom. The van der Waals surface area contributed by atoms with Crippen LogP contribution in [-0.4, -0.2) is 32.6 Å². The first-order valence-corrected chi connectivity index (χ1v) is 6.84. The molecule has 0 N–H and O–H groups in total. The Hall–Kier alpha value is -2.22. The summed E-state index contributed by atoms with van der Waals surface area (Å²) in [7, 11) is 3.44. The van der Waals surface area contributed by atoms with Gasteiger partial charge in [0.1, 0.15) is 0 Å². The van der Waals surface area contributed by atoms with Crippen LogP contribution < -0.4 is 0 Å². The zero-order valence-electron chi connectivity index (χ0n) is 11.5. The van der Waals surface area contributed by atoms with Gasteiger partial charge in [-0.25, -0.2) is 0 Å². The topological polar surface area (TPSA) is 81.3 Å². The van der Waals surface area contributed by atoms with Crippen LogP contribution in [0.3, 0.4) is 0 Å². The molecule has 8 heteroatoms. The molecule has 0 saturated carbocycles. The maximum absolute atomic E-state index is 12.3. The monoisotopic (exact) mass is 352 g/mol. The fourth-order valence-electron chi connectivity index (χ4n) is 1.91. The molecular formula is C13H13BrN4O3. The van der Waals surface area contributed by atoms with Crippen molar-refractivity contribution in [1.82, 2.24) is 14.7 Å². The van der Waals surface area contributed by atoms with Gasteiger partial charge in [0.05, 0.1) is 15.6 Å². The molecule has 0 radical (unpaired) electrons. The maximum atomic E-state index is 12.3. The lowest BCUT2D eigenvalue weighted by Crippen LogP contribution is -2.26. The zero-order chi connectivity index (χ0) is 15.6. The number of hydrogen-bond acceptors (Lipinski definition) is 4. The number of aromatic nitrogens is 2. The Morgan fingerprint density at radius 1 is 1.52 bits per heavy atom. The SMILES string of the molecule is CN(Cc1cnn(C)c1)C(=O)c1ccc(Br)c([N+](=O)[O-])c1. The van der Waals surface area contributed by atoms with Crippen LogP contribution in [0.5, 0.6) is 0 Å². The molecule has 0 saturated heterocycles. The number of hydrogen-bond donors (Lipinski definition) is 0. The van der Waals surface area contributed by atoms with Crippen molar-refractivity contribution >= 4 is 27.5 Å². The molecule has 0 fully saturated rings. The van der Waals surface area contributed by atoms with Crippen molar-refractivity contribution in [2.45, 2.75) is 6.54 Å². The molecule has 2 aromatic rings. The van der Waals surface area contributed by atoms with E-state index in [9.17, 15) is 14.9 Å². The summed E-state index contributed by atoms with van der Waals surface area (Å²) in [6.45, 7) is 0.385. The number of rotatable bonds is 4. The van der Waals surface area contributed by atoms with E-state index in [1.807, 2.05) is 6.20 Å². The van der Waals surface area contributed by atoms with Crippen LogP contribution in [0.4, 0.5) is 5.69 Å². The van der Waals surface area contributed by atoms with Gasteiger partial charge in [-0.3, -0.25) is 19.6 Å². The average Bonchev–Trinajstić information content (AvgIpc) is 2.83. The second-order valence-electron chi connectivity index (χ2n) is 4.61. The highest BCUT2D eigenvalue weighted by Gasteiger charge is 2.18. The number of carbonyl (C=O) groups excluding carboxylic acids is 1. The number of halogens is 1. The van der Waals surface area contributed by atoms with Gasteiger partial charge in [0, 0.05) is 44.0 Å². The van der Waals surface area contributed by atoms with Gasteiger partial charge in [0.2, 0.25) is 0 Å².